The van der Waals surface area contributed by atoms with Crippen molar-refractivity contribution in [2.45, 2.75) is 13.3 Å². The van der Waals surface area contributed by atoms with Crippen LogP contribution in [-0.4, -0.2) is 52.8 Å². The second kappa shape index (κ2) is 5.06. The second-order valence-corrected chi connectivity index (χ2v) is 3.96. The van der Waals surface area contributed by atoms with Crippen molar-refractivity contribution in [3.63, 3.8) is 0 Å². The predicted molar refractivity (Wildman–Crippen MR) is 60.2 cm³/mol. The summed E-state index contributed by atoms with van der Waals surface area (Å²) in [6, 6.07) is 0. The van der Waals surface area contributed by atoms with E-state index in [1.54, 1.807) is 4.90 Å². The van der Waals surface area contributed by atoms with Gasteiger partial charge in [-0.05, 0) is 6.92 Å². The number of piperazine rings is 1. The summed E-state index contributed by atoms with van der Waals surface area (Å²) in [4.78, 5) is 26.5. The molecule has 1 rings (SSSR count). The van der Waals surface area contributed by atoms with Crippen molar-refractivity contribution in [1.82, 2.24) is 9.80 Å². The summed E-state index contributed by atoms with van der Waals surface area (Å²) in [5.74, 6) is -0.0484. The number of hydrogen-bond acceptors (Lipinski definition) is 3. The summed E-state index contributed by atoms with van der Waals surface area (Å²) < 4.78 is 0. The average molecular weight is 229 g/mol. The Morgan fingerprint density at radius 1 is 1.33 bits per heavy atom. The first-order valence-electron chi connectivity index (χ1n) is 4.88. The zero-order chi connectivity index (χ0) is 11.4. The van der Waals surface area contributed by atoms with Crippen LogP contribution in [0.1, 0.15) is 13.3 Å². The smallest absolute Gasteiger partial charge is 0.242 e. The quantitative estimate of drug-likeness (QED) is 0.651. The molecule has 5 nitrogen and oxygen atoms in total. The van der Waals surface area contributed by atoms with Crippen LogP contribution in [0.2, 0.25) is 0 Å². The highest BCUT2D eigenvalue weighted by molar-refractivity contribution is 7.80. The predicted octanol–water partition coefficient (Wildman–Crippen LogP) is -0.647. The molecule has 0 aliphatic carbocycles. The highest BCUT2D eigenvalue weighted by atomic mass is 32.1. The number of thiocarbonyl (C=S) groups is 1. The molecule has 1 aliphatic heterocycles. The minimum atomic E-state index is -0.0345. The first kappa shape index (κ1) is 11.9. The lowest BCUT2D eigenvalue weighted by molar-refractivity contribution is -0.149. The summed E-state index contributed by atoms with van der Waals surface area (Å²) in [5, 5.41) is 0. The van der Waals surface area contributed by atoms with Crippen molar-refractivity contribution in [1.29, 1.82) is 0 Å². The fraction of sp³-hybridized carbons (Fsp3) is 0.667. The molecule has 0 aromatic carbocycles. The zero-order valence-corrected chi connectivity index (χ0v) is 9.55. The van der Waals surface area contributed by atoms with Gasteiger partial charge in [-0.1, -0.05) is 12.2 Å². The topological polar surface area (TPSA) is 66.6 Å². The summed E-state index contributed by atoms with van der Waals surface area (Å²) in [7, 11) is 0. The van der Waals surface area contributed by atoms with Crippen LogP contribution in [0.3, 0.4) is 0 Å². The third kappa shape index (κ3) is 3.16. The van der Waals surface area contributed by atoms with E-state index in [9.17, 15) is 9.59 Å². The van der Waals surface area contributed by atoms with Gasteiger partial charge in [0.1, 0.15) is 0 Å². The van der Waals surface area contributed by atoms with Crippen LogP contribution in [0, 0.1) is 0 Å². The Hall–Kier alpha value is -1.17. The van der Waals surface area contributed by atoms with E-state index in [1.807, 2.05) is 6.92 Å². The molecule has 1 aliphatic rings. The number of rotatable bonds is 4. The number of amides is 2. The molecule has 2 amide bonds. The van der Waals surface area contributed by atoms with Gasteiger partial charge in [0.15, 0.2) is 0 Å². The molecular formula is C9H15N3O2S. The fourth-order valence-corrected chi connectivity index (χ4v) is 1.53. The number of nitrogens with zero attached hydrogens (tertiary/aromatic N) is 2. The highest BCUT2D eigenvalue weighted by Gasteiger charge is 2.28. The van der Waals surface area contributed by atoms with Crippen molar-refractivity contribution in [3.8, 4) is 0 Å². The third-order valence-corrected chi connectivity index (χ3v) is 2.57. The Balaban J connectivity index is 2.51. The SMILES string of the molecule is CCN1CC(=O)N(CCC(N)=S)CC1=O. The molecule has 2 N–H and O–H groups in total. The van der Waals surface area contributed by atoms with Crippen LogP contribution < -0.4 is 5.73 Å². The Bertz CT molecular complexity index is 293. The lowest BCUT2D eigenvalue weighted by Crippen LogP contribution is -2.54. The van der Waals surface area contributed by atoms with Crippen LogP contribution >= 0.6 is 12.2 Å². The molecule has 0 spiro atoms. The maximum atomic E-state index is 11.6. The van der Waals surface area contributed by atoms with Gasteiger partial charge < -0.3 is 15.5 Å². The number of carbonyl (C=O) groups excluding carboxylic acids is 2. The Kier molecular flexibility index (Phi) is 4.02. The van der Waals surface area contributed by atoms with Crippen LogP contribution in [0.25, 0.3) is 0 Å². The van der Waals surface area contributed by atoms with Crippen LogP contribution in [0.15, 0.2) is 0 Å². The first-order valence-corrected chi connectivity index (χ1v) is 5.29. The number of nitrogens with two attached hydrogens (primary N) is 1. The number of hydrogen-bond donors (Lipinski definition) is 1. The molecule has 1 saturated heterocycles. The van der Waals surface area contributed by atoms with Gasteiger partial charge in [-0.2, -0.15) is 0 Å². The van der Waals surface area contributed by atoms with Gasteiger partial charge in [0.2, 0.25) is 11.8 Å². The van der Waals surface area contributed by atoms with E-state index in [0.717, 1.165) is 0 Å². The van der Waals surface area contributed by atoms with Crippen molar-refractivity contribution in [2.75, 3.05) is 26.2 Å². The van der Waals surface area contributed by atoms with Crippen LogP contribution in [0.4, 0.5) is 0 Å². The Labute approximate surface area is 94.2 Å². The molecule has 0 saturated carbocycles. The van der Waals surface area contributed by atoms with E-state index >= 15 is 0 Å². The highest BCUT2D eigenvalue weighted by Crippen LogP contribution is 2.05. The van der Waals surface area contributed by atoms with Gasteiger partial charge in [-0.25, -0.2) is 0 Å². The van der Waals surface area contributed by atoms with Crippen LogP contribution in [-0.2, 0) is 9.59 Å². The minimum absolute atomic E-state index is 0.0139. The minimum Gasteiger partial charge on any atom is -0.393 e. The van der Waals surface area contributed by atoms with E-state index in [1.165, 1.54) is 4.90 Å². The maximum Gasteiger partial charge on any atom is 0.242 e. The molecule has 0 aromatic heterocycles. The molecule has 84 valence electrons. The van der Waals surface area contributed by atoms with E-state index in [2.05, 4.69) is 0 Å². The van der Waals surface area contributed by atoms with Crippen molar-refractivity contribution < 1.29 is 9.59 Å². The third-order valence-electron chi connectivity index (χ3n) is 2.37. The molecule has 0 atom stereocenters. The first-order chi connectivity index (χ1) is 7.04. The van der Waals surface area contributed by atoms with Crippen molar-refractivity contribution >= 4 is 29.0 Å². The van der Waals surface area contributed by atoms with Gasteiger partial charge in [-0.3, -0.25) is 9.59 Å². The molecule has 0 unspecified atom stereocenters. The largest absolute Gasteiger partial charge is 0.393 e. The summed E-state index contributed by atoms with van der Waals surface area (Å²) in [6.07, 6.45) is 0.473. The van der Waals surface area contributed by atoms with E-state index in [4.69, 9.17) is 18.0 Å². The Morgan fingerprint density at radius 2 is 1.87 bits per heavy atom. The van der Waals surface area contributed by atoms with E-state index < -0.39 is 0 Å². The number of carbonyl (C=O) groups is 2. The van der Waals surface area contributed by atoms with Gasteiger partial charge in [0.05, 0.1) is 18.1 Å². The van der Waals surface area contributed by atoms with Gasteiger partial charge >= 0.3 is 0 Å². The normalized spacial score (nSPS) is 17.1. The molecule has 1 fully saturated rings. The lowest BCUT2D eigenvalue weighted by Gasteiger charge is -2.33. The summed E-state index contributed by atoms with van der Waals surface area (Å²) in [5.41, 5.74) is 5.34. The van der Waals surface area contributed by atoms with Crippen LogP contribution in [0.5, 0.6) is 0 Å². The van der Waals surface area contributed by atoms with Crippen molar-refractivity contribution in [3.05, 3.63) is 0 Å². The second-order valence-electron chi connectivity index (χ2n) is 3.44. The summed E-state index contributed by atoms with van der Waals surface area (Å²) >= 11 is 4.72. The standard InChI is InChI=1S/C9H15N3O2S/c1-2-11-5-9(14)12(6-8(11)13)4-3-7(10)15/h2-6H2,1H3,(H2,10,15). The number of likely N-dealkylation sites (N-methyl/N-ethyl adjacent to an activating group) is 1. The summed E-state index contributed by atoms with van der Waals surface area (Å²) in [6.45, 7) is 3.20. The Morgan fingerprint density at radius 3 is 2.40 bits per heavy atom. The van der Waals surface area contributed by atoms with Gasteiger partial charge in [0.25, 0.3) is 0 Å². The lowest BCUT2D eigenvalue weighted by atomic mass is 10.2. The molecular weight excluding hydrogens is 214 g/mol. The molecule has 1 heterocycles. The molecule has 0 radical (unpaired) electrons. The molecule has 6 heteroatoms. The fourth-order valence-electron chi connectivity index (χ4n) is 1.44. The van der Waals surface area contributed by atoms with E-state index in [-0.39, 0.29) is 24.9 Å². The molecule has 15 heavy (non-hydrogen) atoms. The van der Waals surface area contributed by atoms with E-state index in [0.29, 0.717) is 24.5 Å². The van der Waals surface area contributed by atoms with Crippen molar-refractivity contribution in [2.24, 2.45) is 5.73 Å². The monoisotopic (exact) mass is 229 g/mol. The molecule has 0 aromatic rings. The maximum absolute atomic E-state index is 11.6. The van der Waals surface area contributed by atoms with Gasteiger partial charge in [-0.15, -0.1) is 0 Å². The van der Waals surface area contributed by atoms with Gasteiger partial charge in [0, 0.05) is 19.5 Å². The zero-order valence-electron chi connectivity index (χ0n) is 8.73. The molecule has 0 bridgehead atoms. The average Bonchev–Trinajstić information content (AvgIpc) is 2.18.